The quantitative estimate of drug-likeness (QED) is 0.374. The fourth-order valence-corrected chi connectivity index (χ4v) is 4.08. The second-order valence-corrected chi connectivity index (χ2v) is 7.92. The highest BCUT2D eigenvalue weighted by Crippen LogP contribution is 2.38. The average Bonchev–Trinajstić information content (AvgIpc) is 3.39. The number of nitrogens with one attached hydrogen (secondary N) is 3. The monoisotopic (exact) mass is 452 g/mol. The van der Waals surface area contributed by atoms with E-state index in [1.807, 2.05) is 6.07 Å². The smallest absolute Gasteiger partial charge is 0.255 e. The number of aliphatic hydroxyl groups is 1. The normalized spacial score (nSPS) is 15.6. The lowest BCUT2D eigenvalue weighted by atomic mass is 9.94. The molecule has 5 rings (SSSR count). The maximum atomic E-state index is 15.0. The minimum Gasteiger partial charge on any atom is -0.390 e. The van der Waals surface area contributed by atoms with E-state index in [4.69, 9.17) is 11.6 Å². The lowest BCUT2D eigenvalue weighted by Gasteiger charge is -2.30. The Kier molecular flexibility index (Phi) is 4.91. The van der Waals surface area contributed by atoms with E-state index in [1.165, 1.54) is 16.8 Å². The zero-order valence-corrected chi connectivity index (χ0v) is 17.6. The van der Waals surface area contributed by atoms with Crippen LogP contribution < -0.4 is 10.6 Å². The van der Waals surface area contributed by atoms with Crippen LogP contribution in [0, 0.1) is 5.82 Å². The van der Waals surface area contributed by atoms with Crippen molar-refractivity contribution in [3.63, 3.8) is 0 Å². The molecule has 8 nitrogen and oxygen atoms in total. The van der Waals surface area contributed by atoms with Crippen LogP contribution in [0.3, 0.4) is 0 Å². The molecule has 2 aromatic heterocycles. The molecule has 0 saturated carbocycles. The van der Waals surface area contributed by atoms with E-state index >= 15 is 0 Å². The van der Waals surface area contributed by atoms with Gasteiger partial charge in [-0.2, -0.15) is 10.2 Å². The van der Waals surface area contributed by atoms with Crippen LogP contribution in [0.15, 0.2) is 59.9 Å². The fourth-order valence-electron chi connectivity index (χ4n) is 3.92. The third-order valence-electron chi connectivity index (χ3n) is 5.39. The molecule has 1 aliphatic rings. The molecule has 2 aromatic carbocycles. The summed E-state index contributed by atoms with van der Waals surface area (Å²) >= 11 is 5.95. The Labute approximate surface area is 186 Å². The number of carbonyl (C=O) groups excluding carboxylic acids is 1. The van der Waals surface area contributed by atoms with E-state index in [9.17, 15) is 14.3 Å². The first-order chi connectivity index (χ1) is 15.4. The summed E-state index contributed by atoms with van der Waals surface area (Å²) in [6, 6.07) is 10.5. The van der Waals surface area contributed by atoms with Crippen molar-refractivity contribution in [2.45, 2.75) is 19.6 Å². The van der Waals surface area contributed by atoms with Gasteiger partial charge in [0.15, 0.2) is 0 Å². The Hall–Kier alpha value is -3.69. The molecule has 4 aromatic rings. The molecule has 162 valence electrons. The van der Waals surface area contributed by atoms with Crippen molar-refractivity contribution >= 4 is 39.9 Å². The number of carbonyl (C=O) groups is 1. The van der Waals surface area contributed by atoms with Gasteiger partial charge in [0.1, 0.15) is 17.7 Å². The summed E-state index contributed by atoms with van der Waals surface area (Å²) in [5.41, 5.74) is 2.88. The SMILES string of the molecule is CC1=C(C(=O)Nc2ccc3[nH]ncc3c2)C(c2ccc(Cl)cc2F)n2nc(CO)cc2N1. The number of nitrogens with zero attached hydrogens (tertiary/aromatic N) is 3. The van der Waals surface area contributed by atoms with Crippen molar-refractivity contribution in [1.82, 2.24) is 20.0 Å². The predicted octanol–water partition coefficient (Wildman–Crippen LogP) is 3.97. The van der Waals surface area contributed by atoms with Crippen molar-refractivity contribution in [2.24, 2.45) is 0 Å². The second kappa shape index (κ2) is 7.77. The maximum Gasteiger partial charge on any atom is 0.255 e. The minimum atomic E-state index is -0.860. The van der Waals surface area contributed by atoms with Crippen LogP contribution in [0.2, 0.25) is 5.02 Å². The summed E-state index contributed by atoms with van der Waals surface area (Å²) in [6.07, 6.45) is 1.66. The molecular formula is C22H18ClFN6O2. The van der Waals surface area contributed by atoms with E-state index in [-0.39, 0.29) is 17.2 Å². The summed E-state index contributed by atoms with van der Waals surface area (Å²) < 4.78 is 16.5. The summed E-state index contributed by atoms with van der Waals surface area (Å²) in [4.78, 5) is 13.4. The van der Waals surface area contributed by atoms with Crippen LogP contribution in [-0.2, 0) is 11.4 Å². The van der Waals surface area contributed by atoms with Crippen LogP contribution in [0.25, 0.3) is 10.9 Å². The molecule has 10 heteroatoms. The number of amides is 1. The molecule has 3 heterocycles. The van der Waals surface area contributed by atoms with Crippen molar-refractivity contribution < 1.29 is 14.3 Å². The van der Waals surface area contributed by atoms with Crippen molar-refractivity contribution in [1.29, 1.82) is 0 Å². The maximum absolute atomic E-state index is 15.0. The highest BCUT2D eigenvalue weighted by molar-refractivity contribution is 6.30. The number of aromatic amines is 1. The molecule has 1 aliphatic heterocycles. The Morgan fingerprint density at radius 2 is 2.12 bits per heavy atom. The number of hydrogen-bond donors (Lipinski definition) is 4. The highest BCUT2D eigenvalue weighted by atomic mass is 35.5. The van der Waals surface area contributed by atoms with Gasteiger partial charge in [0.2, 0.25) is 0 Å². The lowest BCUT2D eigenvalue weighted by Crippen LogP contribution is -2.31. The lowest BCUT2D eigenvalue weighted by molar-refractivity contribution is -0.113. The molecule has 32 heavy (non-hydrogen) atoms. The number of aromatic nitrogens is 4. The van der Waals surface area contributed by atoms with Crippen LogP contribution >= 0.6 is 11.6 Å². The molecule has 1 unspecified atom stereocenters. The minimum absolute atomic E-state index is 0.236. The topological polar surface area (TPSA) is 108 Å². The van der Waals surface area contributed by atoms with Gasteiger partial charge in [-0.3, -0.25) is 9.89 Å². The molecule has 0 spiro atoms. The predicted molar refractivity (Wildman–Crippen MR) is 119 cm³/mol. The van der Waals surface area contributed by atoms with Gasteiger partial charge in [-0.15, -0.1) is 0 Å². The first kappa shape index (κ1) is 20.2. The zero-order valence-electron chi connectivity index (χ0n) is 16.9. The molecular weight excluding hydrogens is 435 g/mol. The zero-order chi connectivity index (χ0) is 22.4. The summed E-state index contributed by atoms with van der Waals surface area (Å²) in [7, 11) is 0. The van der Waals surface area contributed by atoms with Gasteiger partial charge in [0.05, 0.1) is 29.6 Å². The Morgan fingerprint density at radius 1 is 1.28 bits per heavy atom. The Bertz CT molecular complexity index is 1390. The molecule has 0 fully saturated rings. The molecule has 0 bridgehead atoms. The third-order valence-corrected chi connectivity index (χ3v) is 5.62. The Balaban J connectivity index is 1.59. The summed E-state index contributed by atoms with van der Waals surface area (Å²) in [5.74, 6) is -0.430. The summed E-state index contributed by atoms with van der Waals surface area (Å²) in [6.45, 7) is 1.45. The number of aliphatic hydroxyl groups excluding tert-OH is 1. The van der Waals surface area contributed by atoms with E-state index in [0.717, 1.165) is 10.9 Å². The number of allylic oxidation sites excluding steroid dienone is 1. The van der Waals surface area contributed by atoms with Crippen molar-refractivity contribution in [2.75, 3.05) is 10.6 Å². The number of hydrogen-bond acceptors (Lipinski definition) is 5. The van der Waals surface area contributed by atoms with E-state index in [1.54, 1.807) is 37.4 Å². The average molecular weight is 453 g/mol. The van der Waals surface area contributed by atoms with Crippen LogP contribution in [0.1, 0.15) is 24.2 Å². The molecule has 1 atom stereocenters. The molecule has 0 radical (unpaired) electrons. The van der Waals surface area contributed by atoms with Gasteiger partial charge in [-0.1, -0.05) is 17.7 Å². The van der Waals surface area contributed by atoms with Gasteiger partial charge < -0.3 is 15.7 Å². The summed E-state index contributed by atoms with van der Waals surface area (Å²) in [5, 5.41) is 27.9. The first-order valence-corrected chi connectivity index (χ1v) is 10.2. The first-order valence-electron chi connectivity index (χ1n) is 9.81. The molecule has 4 N–H and O–H groups in total. The number of halogens is 2. The third kappa shape index (κ3) is 3.41. The number of fused-ring (bicyclic) bond motifs is 2. The van der Waals surface area contributed by atoms with Gasteiger partial charge in [0, 0.05) is 33.4 Å². The second-order valence-electron chi connectivity index (χ2n) is 7.48. The fraction of sp³-hybridized carbons (Fsp3) is 0.136. The van der Waals surface area contributed by atoms with E-state index in [0.29, 0.717) is 28.5 Å². The van der Waals surface area contributed by atoms with Gasteiger partial charge in [-0.25, -0.2) is 9.07 Å². The number of H-pyrrole nitrogens is 1. The van der Waals surface area contributed by atoms with Crippen molar-refractivity contribution in [3.05, 3.63) is 82.0 Å². The van der Waals surface area contributed by atoms with E-state index in [2.05, 4.69) is 25.9 Å². The standard InChI is InChI=1S/C22H18ClFN6O2/c1-11-20(22(32)27-14-3-5-18-12(6-14)9-25-28-18)21(16-4-2-13(23)7-17(16)24)30-19(26-11)8-15(10-31)29-30/h2-9,21,26,31H,10H2,1H3,(H,25,28)(H,27,32). The van der Waals surface area contributed by atoms with Gasteiger partial charge >= 0.3 is 0 Å². The molecule has 0 saturated heterocycles. The number of rotatable bonds is 4. The van der Waals surface area contributed by atoms with Gasteiger partial charge in [0.25, 0.3) is 5.91 Å². The largest absolute Gasteiger partial charge is 0.390 e. The van der Waals surface area contributed by atoms with Crippen LogP contribution in [-0.4, -0.2) is 31.0 Å². The van der Waals surface area contributed by atoms with Crippen molar-refractivity contribution in [3.8, 4) is 0 Å². The molecule has 1 amide bonds. The van der Waals surface area contributed by atoms with E-state index < -0.39 is 17.8 Å². The number of anilines is 2. The molecule has 0 aliphatic carbocycles. The van der Waals surface area contributed by atoms with Gasteiger partial charge in [-0.05, 0) is 37.3 Å². The van der Waals surface area contributed by atoms with Crippen LogP contribution in [0.5, 0.6) is 0 Å². The Morgan fingerprint density at radius 3 is 2.91 bits per heavy atom. The number of benzene rings is 2. The van der Waals surface area contributed by atoms with Crippen LogP contribution in [0.4, 0.5) is 15.9 Å². The highest BCUT2D eigenvalue weighted by Gasteiger charge is 2.35.